The smallest absolute Gasteiger partial charge is 0.224 e. The molecule has 2 aromatic carbocycles. The predicted octanol–water partition coefficient (Wildman–Crippen LogP) is 4.05. The van der Waals surface area contributed by atoms with E-state index in [9.17, 15) is 4.79 Å². The van der Waals surface area contributed by atoms with E-state index in [1.165, 1.54) is 5.56 Å². The number of hydrogen-bond donors (Lipinski definition) is 1. The van der Waals surface area contributed by atoms with Crippen LogP contribution in [0.15, 0.2) is 30.3 Å². The fourth-order valence-electron chi connectivity index (χ4n) is 3.38. The molecule has 0 aromatic heterocycles. The van der Waals surface area contributed by atoms with Gasteiger partial charge in [-0.25, -0.2) is 0 Å². The van der Waals surface area contributed by atoms with Gasteiger partial charge >= 0.3 is 0 Å². The predicted molar refractivity (Wildman–Crippen MR) is 108 cm³/mol. The highest BCUT2D eigenvalue weighted by Gasteiger charge is 2.22. The number of hydrogen-bond acceptors (Lipinski definition) is 4. The molecule has 0 radical (unpaired) electrons. The molecule has 1 aliphatic heterocycles. The number of carbonyl (C=O) groups is 1. The summed E-state index contributed by atoms with van der Waals surface area (Å²) in [5.41, 5.74) is 4.41. The summed E-state index contributed by atoms with van der Waals surface area (Å²) >= 11 is 5.98. The van der Waals surface area contributed by atoms with E-state index in [1.807, 2.05) is 42.2 Å². The number of halogens is 1. The Labute approximate surface area is 165 Å². The lowest BCUT2D eigenvalue weighted by atomic mass is 9.98. The Balaban J connectivity index is 1.59. The lowest BCUT2D eigenvalue weighted by Crippen LogP contribution is -2.36. The SMILES string of the molecule is COc1cc2c(cc1OC)CN(C(=O)CCNc1ccc(Cl)cc1C)CC2. The van der Waals surface area contributed by atoms with Gasteiger partial charge in [0, 0.05) is 36.8 Å². The van der Waals surface area contributed by atoms with Gasteiger partial charge in [-0.15, -0.1) is 0 Å². The second kappa shape index (κ2) is 8.53. The van der Waals surface area contributed by atoms with E-state index in [0.717, 1.165) is 35.5 Å². The quantitative estimate of drug-likeness (QED) is 0.811. The maximum absolute atomic E-state index is 12.6. The molecule has 0 aliphatic carbocycles. The van der Waals surface area contributed by atoms with Crippen LogP contribution in [0.5, 0.6) is 11.5 Å². The van der Waals surface area contributed by atoms with Crippen molar-refractivity contribution in [2.75, 3.05) is 32.6 Å². The number of benzene rings is 2. The summed E-state index contributed by atoms with van der Waals surface area (Å²) in [4.78, 5) is 14.5. The molecule has 0 saturated carbocycles. The maximum atomic E-state index is 12.6. The first-order chi connectivity index (χ1) is 13.0. The molecule has 3 rings (SSSR count). The topological polar surface area (TPSA) is 50.8 Å². The number of anilines is 1. The highest BCUT2D eigenvalue weighted by molar-refractivity contribution is 6.30. The average molecular weight is 389 g/mol. The molecule has 1 heterocycles. The van der Waals surface area contributed by atoms with Gasteiger partial charge in [-0.2, -0.15) is 0 Å². The summed E-state index contributed by atoms with van der Waals surface area (Å²) in [6.07, 6.45) is 1.27. The second-order valence-corrected chi connectivity index (χ2v) is 7.11. The average Bonchev–Trinajstić information content (AvgIpc) is 2.67. The van der Waals surface area contributed by atoms with E-state index in [2.05, 4.69) is 5.32 Å². The van der Waals surface area contributed by atoms with Crippen LogP contribution in [0.4, 0.5) is 5.69 Å². The van der Waals surface area contributed by atoms with Crippen molar-refractivity contribution in [3.8, 4) is 11.5 Å². The number of aryl methyl sites for hydroxylation is 1. The monoisotopic (exact) mass is 388 g/mol. The molecule has 2 aromatic rings. The molecular weight excluding hydrogens is 364 g/mol. The largest absolute Gasteiger partial charge is 0.493 e. The van der Waals surface area contributed by atoms with Crippen molar-refractivity contribution in [2.45, 2.75) is 26.3 Å². The molecule has 144 valence electrons. The van der Waals surface area contributed by atoms with Crippen LogP contribution in [-0.2, 0) is 17.8 Å². The van der Waals surface area contributed by atoms with Crippen LogP contribution in [-0.4, -0.2) is 38.1 Å². The lowest BCUT2D eigenvalue weighted by Gasteiger charge is -2.30. The van der Waals surface area contributed by atoms with E-state index < -0.39 is 0 Å². The van der Waals surface area contributed by atoms with Crippen LogP contribution in [0.2, 0.25) is 5.02 Å². The van der Waals surface area contributed by atoms with Gasteiger partial charge < -0.3 is 19.7 Å². The number of fused-ring (bicyclic) bond motifs is 1. The van der Waals surface area contributed by atoms with Gasteiger partial charge in [0.2, 0.25) is 5.91 Å². The van der Waals surface area contributed by atoms with E-state index in [-0.39, 0.29) is 5.91 Å². The van der Waals surface area contributed by atoms with Gasteiger partial charge in [-0.3, -0.25) is 4.79 Å². The fraction of sp³-hybridized carbons (Fsp3) is 0.381. The third-order valence-electron chi connectivity index (χ3n) is 4.91. The summed E-state index contributed by atoms with van der Waals surface area (Å²) in [6, 6.07) is 9.69. The van der Waals surface area contributed by atoms with Crippen LogP contribution in [0.3, 0.4) is 0 Å². The Hall–Kier alpha value is -2.40. The molecule has 0 saturated heterocycles. The number of nitrogens with one attached hydrogen (secondary N) is 1. The van der Waals surface area contributed by atoms with Crippen LogP contribution < -0.4 is 14.8 Å². The summed E-state index contributed by atoms with van der Waals surface area (Å²) in [5.74, 6) is 1.58. The fourth-order valence-corrected chi connectivity index (χ4v) is 3.61. The summed E-state index contributed by atoms with van der Waals surface area (Å²) < 4.78 is 10.8. The number of methoxy groups -OCH3 is 2. The van der Waals surface area contributed by atoms with Crippen molar-refractivity contribution < 1.29 is 14.3 Å². The van der Waals surface area contributed by atoms with E-state index in [0.29, 0.717) is 30.3 Å². The Bertz CT molecular complexity index is 838. The summed E-state index contributed by atoms with van der Waals surface area (Å²) in [6.45, 7) is 3.92. The molecule has 1 N–H and O–H groups in total. The standard InChI is InChI=1S/C21H25ClN2O3/c1-14-10-17(22)4-5-18(14)23-8-6-21(25)24-9-7-15-11-19(26-2)20(27-3)12-16(15)13-24/h4-5,10-12,23H,6-9,13H2,1-3H3. The molecule has 5 nitrogen and oxygen atoms in total. The maximum Gasteiger partial charge on any atom is 0.224 e. The zero-order valence-electron chi connectivity index (χ0n) is 16.0. The Morgan fingerprint density at radius 2 is 1.85 bits per heavy atom. The van der Waals surface area contributed by atoms with Gasteiger partial charge in [0.1, 0.15) is 0 Å². The van der Waals surface area contributed by atoms with Crippen LogP contribution in [0.1, 0.15) is 23.1 Å². The molecule has 0 spiro atoms. The molecule has 6 heteroatoms. The zero-order chi connectivity index (χ0) is 19.4. The van der Waals surface area contributed by atoms with Gasteiger partial charge in [-0.1, -0.05) is 11.6 Å². The lowest BCUT2D eigenvalue weighted by molar-refractivity contribution is -0.131. The number of amides is 1. The van der Waals surface area contributed by atoms with Crippen molar-refractivity contribution in [2.24, 2.45) is 0 Å². The highest BCUT2D eigenvalue weighted by atomic mass is 35.5. The second-order valence-electron chi connectivity index (χ2n) is 6.68. The number of nitrogens with zero attached hydrogens (tertiary/aromatic N) is 1. The summed E-state index contributed by atoms with van der Waals surface area (Å²) in [5, 5.41) is 4.04. The first-order valence-corrected chi connectivity index (χ1v) is 9.41. The molecule has 1 aliphatic rings. The highest BCUT2D eigenvalue weighted by Crippen LogP contribution is 2.33. The molecule has 0 fully saturated rings. The molecule has 0 unspecified atom stereocenters. The van der Waals surface area contributed by atoms with Crippen molar-refractivity contribution in [3.63, 3.8) is 0 Å². The van der Waals surface area contributed by atoms with Crippen LogP contribution in [0.25, 0.3) is 0 Å². The molecule has 0 bridgehead atoms. The molecule has 0 atom stereocenters. The Morgan fingerprint density at radius 1 is 1.15 bits per heavy atom. The number of rotatable bonds is 6. The van der Waals surface area contributed by atoms with Crippen molar-refractivity contribution in [1.82, 2.24) is 4.90 Å². The zero-order valence-corrected chi connectivity index (χ0v) is 16.7. The minimum absolute atomic E-state index is 0.148. The van der Waals surface area contributed by atoms with Gasteiger partial charge in [0.25, 0.3) is 0 Å². The first kappa shape index (κ1) is 19.4. The minimum Gasteiger partial charge on any atom is -0.493 e. The van der Waals surface area contributed by atoms with Gasteiger partial charge in [0.15, 0.2) is 11.5 Å². The first-order valence-electron chi connectivity index (χ1n) is 9.03. The normalized spacial score (nSPS) is 13.1. The van der Waals surface area contributed by atoms with Crippen LogP contribution >= 0.6 is 11.6 Å². The van der Waals surface area contributed by atoms with E-state index in [4.69, 9.17) is 21.1 Å². The van der Waals surface area contributed by atoms with Crippen molar-refractivity contribution in [3.05, 3.63) is 52.0 Å². The third kappa shape index (κ3) is 4.48. The van der Waals surface area contributed by atoms with Gasteiger partial charge in [0.05, 0.1) is 14.2 Å². The Morgan fingerprint density at radius 3 is 2.52 bits per heavy atom. The van der Waals surface area contributed by atoms with E-state index in [1.54, 1.807) is 14.2 Å². The molecule has 27 heavy (non-hydrogen) atoms. The number of ether oxygens (including phenoxy) is 2. The van der Waals surface area contributed by atoms with Crippen molar-refractivity contribution in [1.29, 1.82) is 0 Å². The minimum atomic E-state index is 0.148. The van der Waals surface area contributed by atoms with Crippen molar-refractivity contribution >= 4 is 23.2 Å². The van der Waals surface area contributed by atoms with Gasteiger partial charge in [-0.05, 0) is 60.4 Å². The molecular formula is C21H25ClN2O3. The Kier molecular flexibility index (Phi) is 6.11. The van der Waals surface area contributed by atoms with E-state index >= 15 is 0 Å². The summed E-state index contributed by atoms with van der Waals surface area (Å²) in [7, 11) is 3.26. The van der Waals surface area contributed by atoms with Crippen LogP contribution in [0, 0.1) is 6.92 Å². The third-order valence-corrected chi connectivity index (χ3v) is 5.15. The molecule has 1 amide bonds. The number of carbonyl (C=O) groups excluding carboxylic acids is 1.